The summed E-state index contributed by atoms with van der Waals surface area (Å²) in [6.07, 6.45) is 3.53. The number of Topliss-reactive ketones (excluding diaryl/α,β-unsaturated/α-hetero) is 1. The van der Waals surface area contributed by atoms with E-state index in [0.29, 0.717) is 11.1 Å². The van der Waals surface area contributed by atoms with E-state index in [9.17, 15) is 9.90 Å². The Morgan fingerprint density at radius 3 is 2.81 bits per heavy atom. The standard InChI is InChI=1S/C25H20N2O2S2/c1-2-26-17-9-3-5-11-19(17)30-21(26)14-16-23(28)22(24(16)29)15-8-7-13-27-18-10-4-6-12-20(18)31-25(15)27/h3-6,9-12,14H,2,7-8,13H2,1H3. The molecule has 4 nitrogen and oxygen atoms in total. The van der Waals surface area contributed by atoms with Gasteiger partial charge in [0.1, 0.15) is 4.70 Å². The third kappa shape index (κ3) is 2.75. The number of carbonyl (C=O) groups excluding carboxylic acids is 1. The zero-order valence-electron chi connectivity index (χ0n) is 17.1. The van der Waals surface area contributed by atoms with Crippen LogP contribution < -0.4 is 14.6 Å². The highest BCUT2D eigenvalue weighted by molar-refractivity contribution is 8.03. The first kappa shape index (κ1) is 18.9. The number of carbonyl (C=O) groups is 1. The number of aryl methyl sites for hydroxylation is 1. The Morgan fingerprint density at radius 1 is 1.16 bits per heavy atom. The Morgan fingerprint density at radius 2 is 1.97 bits per heavy atom. The van der Waals surface area contributed by atoms with Gasteiger partial charge in [0.25, 0.3) is 5.01 Å². The van der Waals surface area contributed by atoms with Crippen molar-refractivity contribution in [3.63, 3.8) is 0 Å². The first-order valence-electron chi connectivity index (χ1n) is 10.5. The molecule has 6 heteroatoms. The van der Waals surface area contributed by atoms with Gasteiger partial charge in [-0.15, -0.1) is 0 Å². The predicted molar refractivity (Wildman–Crippen MR) is 124 cm³/mol. The molecule has 3 aromatic rings. The fourth-order valence-electron chi connectivity index (χ4n) is 4.66. The summed E-state index contributed by atoms with van der Waals surface area (Å²) in [6.45, 7) is 3.81. The van der Waals surface area contributed by atoms with Gasteiger partial charge in [0.15, 0.2) is 12.3 Å². The minimum absolute atomic E-state index is 0.106. The summed E-state index contributed by atoms with van der Waals surface area (Å²) in [6, 6.07) is 16.5. The molecule has 1 aliphatic carbocycles. The van der Waals surface area contributed by atoms with Gasteiger partial charge in [-0.25, -0.2) is 0 Å². The zero-order valence-corrected chi connectivity index (χ0v) is 18.7. The van der Waals surface area contributed by atoms with Gasteiger partial charge in [-0.05, 0) is 37.6 Å². The Labute approximate surface area is 188 Å². The van der Waals surface area contributed by atoms with Crippen LogP contribution in [0.3, 0.4) is 0 Å². The number of nitrogens with zero attached hydrogens (tertiary/aromatic N) is 2. The molecule has 0 radical (unpaired) electrons. The van der Waals surface area contributed by atoms with Gasteiger partial charge in [0.05, 0.1) is 10.7 Å². The van der Waals surface area contributed by atoms with E-state index in [4.69, 9.17) is 0 Å². The van der Waals surface area contributed by atoms with Crippen molar-refractivity contribution in [2.75, 3.05) is 11.4 Å². The smallest absolute Gasteiger partial charge is 0.266 e. The highest BCUT2D eigenvalue weighted by Crippen LogP contribution is 2.47. The average molecular weight is 445 g/mol. The molecule has 0 atom stereocenters. The number of hydrogen-bond donors (Lipinski definition) is 0. The minimum atomic E-state index is -0.106. The van der Waals surface area contributed by atoms with Gasteiger partial charge in [0, 0.05) is 40.6 Å². The van der Waals surface area contributed by atoms with Crippen LogP contribution in [0.2, 0.25) is 0 Å². The number of anilines is 1. The molecule has 0 fully saturated rings. The van der Waals surface area contributed by atoms with Crippen molar-refractivity contribution in [1.29, 1.82) is 0 Å². The number of hydrogen-bond acceptors (Lipinski definition) is 5. The number of ketones is 1. The molecule has 6 rings (SSSR count). The van der Waals surface area contributed by atoms with Gasteiger partial charge in [-0.2, -0.15) is 4.57 Å². The lowest BCUT2D eigenvalue weighted by Gasteiger charge is -2.32. The number of aromatic nitrogens is 1. The average Bonchev–Trinajstić information content (AvgIpc) is 3.36. The normalized spacial score (nSPS) is 21.6. The zero-order chi connectivity index (χ0) is 21.1. The molecule has 3 heterocycles. The lowest BCUT2D eigenvalue weighted by atomic mass is 9.82. The molecule has 0 N–H and O–H groups in total. The van der Waals surface area contributed by atoms with Crippen LogP contribution in [-0.2, 0) is 11.3 Å². The maximum atomic E-state index is 13.2. The van der Waals surface area contributed by atoms with Crippen LogP contribution in [-0.4, -0.2) is 12.3 Å². The maximum absolute atomic E-state index is 13.2. The summed E-state index contributed by atoms with van der Waals surface area (Å²) in [4.78, 5) is 16.5. The van der Waals surface area contributed by atoms with E-state index in [-0.39, 0.29) is 11.5 Å². The molecule has 0 saturated carbocycles. The highest BCUT2D eigenvalue weighted by Gasteiger charge is 2.37. The number of thiazole rings is 1. The van der Waals surface area contributed by atoms with Gasteiger partial charge in [-0.3, -0.25) is 4.79 Å². The van der Waals surface area contributed by atoms with Crippen LogP contribution in [0.15, 0.2) is 81.4 Å². The second kappa shape index (κ2) is 7.11. The predicted octanol–water partition coefficient (Wildman–Crippen LogP) is 4.41. The van der Waals surface area contributed by atoms with Crippen LogP contribution in [0.1, 0.15) is 24.8 Å². The van der Waals surface area contributed by atoms with E-state index >= 15 is 0 Å². The molecule has 0 spiro atoms. The van der Waals surface area contributed by atoms with Crippen molar-refractivity contribution in [3.8, 4) is 0 Å². The molecule has 154 valence electrons. The summed E-state index contributed by atoms with van der Waals surface area (Å²) in [5.74, 6) is -0.211. The Balaban J connectivity index is 1.43. The first-order valence-corrected chi connectivity index (χ1v) is 12.2. The van der Waals surface area contributed by atoms with Crippen molar-refractivity contribution in [2.45, 2.75) is 31.2 Å². The molecule has 0 saturated heterocycles. The second-order valence-electron chi connectivity index (χ2n) is 7.85. The molecule has 31 heavy (non-hydrogen) atoms. The van der Waals surface area contributed by atoms with E-state index in [1.165, 1.54) is 10.2 Å². The van der Waals surface area contributed by atoms with Crippen LogP contribution in [0.4, 0.5) is 5.69 Å². The summed E-state index contributed by atoms with van der Waals surface area (Å²) in [5.41, 5.74) is 3.96. The van der Waals surface area contributed by atoms with Crippen LogP contribution in [0.5, 0.6) is 0 Å². The van der Waals surface area contributed by atoms with Crippen LogP contribution in [0.25, 0.3) is 15.8 Å². The van der Waals surface area contributed by atoms with Crippen LogP contribution in [0, 0.1) is 0 Å². The molecular formula is C25H20N2O2S2. The van der Waals surface area contributed by atoms with Gasteiger partial charge >= 0.3 is 0 Å². The fourth-order valence-corrected chi connectivity index (χ4v) is 7.10. The topological polar surface area (TPSA) is 47.2 Å². The Kier molecular flexibility index (Phi) is 4.33. The molecular weight excluding hydrogens is 424 g/mol. The van der Waals surface area contributed by atoms with Crippen molar-refractivity contribution in [3.05, 3.63) is 81.5 Å². The molecule has 1 aromatic heterocycles. The van der Waals surface area contributed by atoms with Crippen molar-refractivity contribution in [2.24, 2.45) is 0 Å². The van der Waals surface area contributed by atoms with E-state index < -0.39 is 0 Å². The number of fused-ring (bicyclic) bond motifs is 4. The van der Waals surface area contributed by atoms with Crippen LogP contribution >= 0.6 is 23.1 Å². The summed E-state index contributed by atoms with van der Waals surface area (Å²) in [7, 11) is 0. The second-order valence-corrected chi connectivity index (χ2v) is 9.95. The van der Waals surface area contributed by atoms with E-state index in [1.54, 1.807) is 29.2 Å². The number of para-hydroxylation sites is 2. The number of allylic oxidation sites excluding steroid dienone is 4. The third-order valence-electron chi connectivity index (χ3n) is 6.14. The van der Waals surface area contributed by atoms with Gasteiger partial charge in [-0.1, -0.05) is 53.1 Å². The molecule has 0 amide bonds. The van der Waals surface area contributed by atoms with Gasteiger partial charge < -0.3 is 10.0 Å². The summed E-state index contributed by atoms with van der Waals surface area (Å²) in [5, 5.41) is 15.2. The summed E-state index contributed by atoms with van der Waals surface area (Å²) >= 11 is 3.31. The Bertz CT molecular complexity index is 1360. The summed E-state index contributed by atoms with van der Waals surface area (Å²) < 4.78 is 3.47. The Hall–Kier alpha value is -2.83. The van der Waals surface area contributed by atoms with Crippen molar-refractivity contribution < 1.29 is 14.5 Å². The fraction of sp³-hybridized carbons (Fsp3) is 0.200. The molecule has 2 aromatic carbocycles. The molecule has 0 bridgehead atoms. The van der Waals surface area contributed by atoms with Crippen molar-refractivity contribution >= 4 is 50.4 Å². The molecule has 3 aliphatic rings. The molecule has 0 unspecified atom stereocenters. The minimum Gasteiger partial charge on any atom is -0.871 e. The largest absolute Gasteiger partial charge is 0.871 e. The van der Waals surface area contributed by atoms with E-state index in [1.807, 2.05) is 24.3 Å². The molecule has 2 aliphatic heterocycles. The van der Waals surface area contributed by atoms with Crippen molar-refractivity contribution in [1.82, 2.24) is 0 Å². The maximum Gasteiger partial charge on any atom is 0.266 e. The SMILES string of the molecule is CCN1/C(=C/C2=C([O-])C(=C3/CCC[n+]4c3sc3ccccc34)/C2=O)Sc2ccccc21. The lowest BCUT2D eigenvalue weighted by Crippen LogP contribution is -2.40. The number of benzene rings is 2. The highest BCUT2D eigenvalue weighted by atomic mass is 32.2. The quantitative estimate of drug-likeness (QED) is 0.434. The number of thioether (sulfide) groups is 1. The third-order valence-corrected chi connectivity index (χ3v) is 8.48. The van der Waals surface area contributed by atoms with Gasteiger partial charge in [0.2, 0.25) is 5.52 Å². The first-order chi connectivity index (χ1) is 15.2. The van der Waals surface area contributed by atoms with E-state index in [2.05, 4.69) is 40.7 Å². The van der Waals surface area contributed by atoms with E-state index in [0.717, 1.165) is 52.1 Å². The lowest BCUT2D eigenvalue weighted by molar-refractivity contribution is -0.672. The number of rotatable bonds is 2. The monoisotopic (exact) mass is 444 g/mol.